The number of benzene rings is 1. The Morgan fingerprint density at radius 1 is 1.36 bits per heavy atom. The molecule has 0 aliphatic rings. The molecule has 1 N–H and O–H groups in total. The zero-order valence-corrected chi connectivity index (χ0v) is 7.72. The number of rotatable bonds is 3. The van der Waals surface area contributed by atoms with Gasteiger partial charge in [0.2, 0.25) is 0 Å². The lowest BCUT2D eigenvalue weighted by Gasteiger charge is -2.09. The van der Waals surface area contributed by atoms with Crippen LogP contribution in [0.5, 0.6) is 0 Å². The first-order valence-corrected chi connectivity index (χ1v) is 4.26. The average Bonchev–Trinajstić information content (AvgIpc) is 2.12. The first kappa shape index (κ1) is 10.6. The smallest absolute Gasteiger partial charge is 0.126 e. The highest BCUT2D eigenvalue weighted by molar-refractivity contribution is 5.25. The van der Waals surface area contributed by atoms with Gasteiger partial charge in [0.25, 0.3) is 0 Å². The minimum Gasteiger partial charge on any atom is -0.298 e. The van der Waals surface area contributed by atoms with E-state index in [0.717, 1.165) is 18.2 Å². The first-order chi connectivity index (χ1) is 6.67. The molecule has 0 spiro atoms. The van der Waals surface area contributed by atoms with Gasteiger partial charge in [-0.1, -0.05) is 6.92 Å². The zero-order valence-electron chi connectivity index (χ0n) is 7.72. The second kappa shape index (κ2) is 4.68. The van der Waals surface area contributed by atoms with Gasteiger partial charge in [0.05, 0.1) is 6.07 Å². The van der Waals surface area contributed by atoms with E-state index in [1.165, 1.54) is 0 Å². The summed E-state index contributed by atoms with van der Waals surface area (Å²) in [6.45, 7) is 2.39. The normalized spacial score (nSPS) is 12.1. The molecular formula is C10H10F2N2. The third-order valence-corrected chi connectivity index (χ3v) is 1.76. The van der Waals surface area contributed by atoms with Gasteiger partial charge in [0.15, 0.2) is 0 Å². The summed E-state index contributed by atoms with van der Waals surface area (Å²) in [5.74, 6) is -1.34. The van der Waals surface area contributed by atoms with Gasteiger partial charge in [-0.2, -0.15) is 5.26 Å². The highest BCUT2D eigenvalue weighted by atomic mass is 19.1. The third-order valence-electron chi connectivity index (χ3n) is 1.76. The van der Waals surface area contributed by atoms with Crippen molar-refractivity contribution in [2.45, 2.75) is 13.0 Å². The molecule has 1 atom stereocenters. The molecule has 0 saturated heterocycles. The predicted molar refractivity (Wildman–Crippen MR) is 48.4 cm³/mol. The average molecular weight is 196 g/mol. The van der Waals surface area contributed by atoms with Crippen molar-refractivity contribution >= 4 is 0 Å². The number of hydrogen-bond donors (Lipinski definition) is 1. The van der Waals surface area contributed by atoms with Gasteiger partial charge in [0.1, 0.15) is 17.7 Å². The molecule has 0 radical (unpaired) electrons. The Bertz CT molecular complexity index is 337. The molecule has 1 aromatic rings. The zero-order chi connectivity index (χ0) is 10.6. The van der Waals surface area contributed by atoms with Crippen molar-refractivity contribution in [3.8, 4) is 6.07 Å². The lowest BCUT2D eigenvalue weighted by atomic mass is 10.1. The maximum absolute atomic E-state index is 12.8. The molecule has 1 unspecified atom stereocenters. The lowest BCUT2D eigenvalue weighted by Crippen LogP contribution is -2.19. The lowest BCUT2D eigenvalue weighted by molar-refractivity contribution is 0.570. The van der Waals surface area contributed by atoms with Crippen LogP contribution in [0.15, 0.2) is 18.2 Å². The van der Waals surface area contributed by atoms with Crippen LogP contribution in [-0.2, 0) is 0 Å². The van der Waals surface area contributed by atoms with Gasteiger partial charge in [-0.15, -0.1) is 0 Å². The van der Waals surface area contributed by atoms with Gasteiger partial charge in [0, 0.05) is 6.07 Å². The van der Waals surface area contributed by atoms with Crippen molar-refractivity contribution in [3.05, 3.63) is 35.4 Å². The van der Waals surface area contributed by atoms with E-state index in [4.69, 9.17) is 5.26 Å². The second-order valence-corrected chi connectivity index (χ2v) is 2.82. The Balaban J connectivity index is 2.99. The van der Waals surface area contributed by atoms with E-state index in [2.05, 4.69) is 5.32 Å². The maximum Gasteiger partial charge on any atom is 0.126 e. The Morgan fingerprint density at radius 3 is 2.36 bits per heavy atom. The molecule has 0 saturated carbocycles. The number of nitrogens with one attached hydrogen (secondary N) is 1. The molecule has 0 aliphatic heterocycles. The Hall–Kier alpha value is -1.47. The summed E-state index contributed by atoms with van der Waals surface area (Å²) in [5, 5.41) is 11.5. The Morgan fingerprint density at radius 2 is 1.93 bits per heavy atom. The van der Waals surface area contributed by atoms with E-state index in [9.17, 15) is 8.78 Å². The highest BCUT2D eigenvalue weighted by Crippen LogP contribution is 2.15. The summed E-state index contributed by atoms with van der Waals surface area (Å²) in [4.78, 5) is 0. The van der Waals surface area contributed by atoms with Crippen LogP contribution in [0.25, 0.3) is 0 Å². The van der Waals surface area contributed by atoms with E-state index in [1.807, 2.05) is 13.0 Å². The molecule has 2 nitrogen and oxygen atoms in total. The summed E-state index contributed by atoms with van der Waals surface area (Å²) in [6, 6.07) is 4.35. The van der Waals surface area contributed by atoms with Crippen molar-refractivity contribution in [3.63, 3.8) is 0 Å². The molecule has 1 aromatic carbocycles. The van der Waals surface area contributed by atoms with Gasteiger partial charge < -0.3 is 0 Å². The van der Waals surface area contributed by atoms with E-state index in [-0.39, 0.29) is 0 Å². The number of halogens is 2. The van der Waals surface area contributed by atoms with Crippen LogP contribution in [0.2, 0.25) is 0 Å². The highest BCUT2D eigenvalue weighted by Gasteiger charge is 2.10. The van der Waals surface area contributed by atoms with Crippen molar-refractivity contribution in [2.24, 2.45) is 0 Å². The Kier molecular flexibility index (Phi) is 3.55. The maximum atomic E-state index is 12.8. The van der Waals surface area contributed by atoms with Gasteiger partial charge in [-0.3, -0.25) is 5.32 Å². The summed E-state index contributed by atoms with van der Waals surface area (Å²) in [6.07, 6.45) is 0. The minimum atomic E-state index is -0.668. The van der Waals surface area contributed by atoms with Crippen LogP contribution in [-0.4, -0.2) is 6.54 Å². The van der Waals surface area contributed by atoms with Gasteiger partial charge >= 0.3 is 0 Å². The predicted octanol–water partition coefficient (Wildman–Crippen LogP) is 2.14. The number of nitriles is 1. The largest absolute Gasteiger partial charge is 0.298 e. The molecule has 0 bridgehead atoms. The van der Waals surface area contributed by atoms with Crippen molar-refractivity contribution < 1.29 is 8.78 Å². The fourth-order valence-electron chi connectivity index (χ4n) is 1.18. The molecule has 1 rings (SSSR count). The third kappa shape index (κ3) is 2.51. The van der Waals surface area contributed by atoms with E-state index < -0.39 is 17.7 Å². The van der Waals surface area contributed by atoms with Crippen LogP contribution in [0, 0.1) is 23.0 Å². The van der Waals surface area contributed by atoms with Crippen LogP contribution < -0.4 is 5.32 Å². The van der Waals surface area contributed by atoms with Crippen LogP contribution in [0.4, 0.5) is 8.78 Å². The summed E-state index contributed by atoms with van der Waals surface area (Å²) in [5.41, 5.74) is 0.312. The summed E-state index contributed by atoms with van der Waals surface area (Å²) < 4.78 is 25.6. The monoisotopic (exact) mass is 196 g/mol. The SMILES string of the molecule is CCNC(C#N)c1cc(F)cc(F)c1. The standard InChI is InChI=1S/C10H10F2N2/c1-2-14-10(6-13)7-3-8(11)5-9(12)4-7/h3-5,10,14H,2H2,1H3. The van der Waals surface area contributed by atoms with Gasteiger partial charge in [-0.25, -0.2) is 8.78 Å². The van der Waals surface area contributed by atoms with Crippen LogP contribution >= 0.6 is 0 Å². The molecular weight excluding hydrogens is 186 g/mol. The molecule has 14 heavy (non-hydrogen) atoms. The molecule has 0 aromatic heterocycles. The van der Waals surface area contributed by atoms with Crippen LogP contribution in [0.3, 0.4) is 0 Å². The van der Waals surface area contributed by atoms with Gasteiger partial charge in [-0.05, 0) is 24.2 Å². The summed E-state index contributed by atoms with van der Waals surface area (Å²) in [7, 11) is 0. The molecule has 0 fully saturated rings. The fraction of sp³-hybridized carbons (Fsp3) is 0.300. The van der Waals surface area contributed by atoms with Crippen molar-refractivity contribution in [1.29, 1.82) is 5.26 Å². The van der Waals surface area contributed by atoms with Crippen molar-refractivity contribution in [1.82, 2.24) is 5.32 Å². The van der Waals surface area contributed by atoms with E-state index in [0.29, 0.717) is 12.1 Å². The fourth-order valence-corrected chi connectivity index (χ4v) is 1.18. The molecule has 0 amide bonds. The molecule has 0 aliphatic carbocycles. The molecule has 4 heteroatoms. The first-order valence-electron chi connectivity index (χ1n) is 4.26. The summed E-state index contributed by atoms with van der Waals surface area (Å²) >= 11 is 0. The molecule has 0 heterocycles. The van der Waals surface area contributed by atoms with Crippen molar-refractivity contribution in [2.75, 3.05) is 6.54 Å². The quantitative estimate of drug-likeness (QED) is 0.803. The second-order valence-electron chi connectivity index (χ2n) is 2.82. The molecule has 74 valence electrons. The minimum absolute atomic E-state index is 0.312. The van der Waals surface area contributed by atoms with Crippen LogP contribution in [0.1, 0.15) is 18.5 Å². The number of nitrogens with zero attached hydrogens (tertiary/aromatic N) is 1. The van der Waals surface area contributed by atoms with E-state index in [1.54, 1.807) is 0 Å². The Labute approximate surface area is 81.2 Å². The number of hydrogen-bond acceptors (Lipinski definition) is 2. The topological polar surface area (TPSA) is 35.8 Å². The van der Waals surface area contributed by atoms with E-state index >= 15 is 0 Å².